The number of aliphatic carboxylic acids is 1. The van der Waals surface area contributed by atoms with Crippen LogP contribution < -0.4 is 5.32 Å². The molecule has 12 heavy (non-hydrogen) atoms. The van der Waals surface area contributed by atoms with Crippen molar-refractivity contribution in [2.75, 3.05) is 13.2 Å². The second-order valence-electron chi connectivity index (χ2n) is 2.92. The van der Waals surface area contributed by atoms with E-state index < -0.39 is 11.5 Å². The largest absolute Gasteiger partial charge is 0.481 e. The maximum absolute atomic E-state index is 10.4. The van der Waals surface area contributed by atoms with Crippen molar-refractivity contribution >= 4 is 12.4 Å². The molecule has 2 N–H and O–H groups in total. The minimum atomic E-state index is -0.921. The summed E-state index contributed by atoms with van der Waals surface area (Å²) < 4.78 is 5.03. The number of carbonyl (C=O) groups is 2. The van der Waals surface area contributed by atoms with E-state index in [9.17, 15) is 9.59 Å². The lowest BCUT2D eigenvalue weighted by atomic mass is 9.95. The molecule has 0 spiro atoms. The number of ether oxygens (including phenoxy) is 1. The zero-order chi connectivity index (χ0) is 9.03. The van der Waals surface area contributed by atoms with Crippen LogP contribution in [-0.4, -0.2) is 36.2 Å². The zero-order valence-corrected chi connectivity index (χ0v) is 6.58. The fourth-order valence-corrected chi connectivity index (χ4v) is 1.33. The maximum atomic E-state index is 10.4. The van der Waals surface area contributed by atoms with Gasteiger partial charge in [0.15, 0.2) is 0 Å². The number of carbonyl (C=O) groups excluding carboxylic acids is 1. The fourth-order valence-electron chi connectivity index (χ4n) is 1.33. The molecule has 1 aliphatic heterocycles. The molecule has 0 radical (unpaired) electrons. The first-order valence-corrected chi connectivity index (χ1v) is 3.69. The first-order chi connectivity index (χ1) is 5.68. The zero-order valence-electron chi connectivity index (χ0n) is 6.58. The summed E-state index contributed by atoms with van der Waals surface area (Å²) in [7, 11) is 0. The van der Waals surface area contributed by atoms with Crippen molar-refractivity contribution in [1.82, 2.24) is 5.32 Å². The SMILES string of the molecule is O=CNC1(CC(=O)O)CCOC1. The van der Waals surface area contributed by atoms with Crippen LogP contribution in [0.1, 0.15) is 12.8 Å². The first-order valence-electron chi connectivity index (χ1n) is 3.69. The van der Waals surface area contributed by atoms with Crippen molar-refractivity contribution in [1.29, 1.82) is 0 Å². The Bertz CT molecular complexity index is 186. The molecule has 0 aromatic heterocycles. The second-order valence-corrected chi connectivity index (χ2v) is 2.92. The van der Waals surface area contributed by atoms with Gasteiger partial charge in [0.2, 0.25) is 6.41 Å². The van der Waals surface area contributed by atoms with E-state index in [-0.39, 0.29) is 13.0 Å². The Morgan fingerprint density at radius 1 is 1.75 bits per heavy atom. The highest BCUT2D eigenvalue weighted by atomic mass is 16.5. The van der Waals surface area contributed by atoms with Gasteiger partial charge >= 0.3 is 5.97 Å². The van der Waals surface area contributed by atoms with Gasteiger partial charge in [-0.2, -0.15) is 0 Å². The molecule has 5 heteroatoms. The first kappa shape index (κ1) is 8.99. The summed E-state index contributed by atoms with van der Waals surface area (Å²) in [5.41, 5.74) is -0.673. The van der Waals surface area contributed by atoms with Gasteiger partial charge in [-0.15, -0.1) is 0 Å². The fraction of sp³-hybridized carbons (Fsp3) is 0.714. The molecular weight excluding hydrogens is 162 g/mol. The van der Waals surface area contributed by atoms with Gasteiger partial charge in [0.25, 0.3) is 0 Å². The standard InChI is InChI=1S/C7H11NO4/c9-5-8-7(3-6(10)11)1-2-12-4-7/h5H,1-4H2,(H,8,9)(H,10,11). The van der Waals surface area contributed by atoms with Crippen molar-refractivity contribution in [3.63, 3.8) is 0 Å². The molecule has 1 amide bonds. The molecule has 0 bridgehead atoms. The lowest BCUT2D eigenvalue weighted by Crippen LogP contribution is -2.46. The number of amides is 1. The van der Waals surface area contributed by atoms with Crippen molar-refractivity contribution in [3.8, 4) is 0 Å². The van der Waals surface area contributed by atoms with Crippen LogP contribution in [0.4, 0.5) is 0 Å². The Morgan fingerprint density at radius 2 is 2.50 bits per heavy atom. The number of carboxylic acid groups (broad SMARTS) is 1. The minimum Gasteiger partial charge on any atom is -0.481 e. The van der Waals surface area contributed by atoms with E-state index in [0.717, 1.165) is 0 Å². The van der Waals surface area contributed by atoms with Crippen molar-refractivity contribution in [3.05, 3.63) is 0 Å². The Balaban J connectivity index is 2.57. The van der Waals surface area contributed by atoms with E-state index in [1.807, 2.05) is 0 Å². The van der Waals surface area contributed by atoms with E-state index in [4.69, 9.17) is 9.84 Å². The Hall–Kier alpha value is -1.10. The summed E-state index contributed by atoms with van der Waals surface area (Å²) in [6, 6.07) is 0. The van der Waals surface area contributed by atoms with Gasteiger partial charge in [-0.3, -0.25) is 9.59 Å². The van der Waals surface area contributed by atoms with Crippen LogP contribution in [-0.2, 0) is 14.3 Å². The summed E-state index contributed by atoms with van der Waals surface area (Å²) in [4.78, 5) is 20.6. The predicted molar refractivity (Wildman–Crippen MR) is 39.6 cm³/mol. The van der Waals surface area contributed by atoms with E-state index >= 15 is 0 Å². The number of carboxylic acids is 1. The molecule has 0 saturated carbocycles. The van der Waals surface area contributed by atoms with E-state index in [1.165, 1.54) is 0 Å². The normalized spacial score (nSPS) is 28.3. The molecule has 1 unspecified atom stereocenters. The smallest absolute Gasteiger partial charge is 0.305 e. The molecule has 1 atom stereocenters. The van der Waals surface area contributed by atoms with Gasteiger partial charge in [0.1, 0.15) is 0 Å². The number of hydrogen-bond acceptors (Lipinski definition) is 3. The van der Waals surface area contributed by atoms with E-state index in [0.29, 0.717) is 19.4 Å². The summed E-state index contributed by atoms with van der Waals surface area (Å²) >= 11 is 0. The highest BCUT2D eigenvalue weighted by Crippen LogP contribution is 2.21. The van der Waals surface area contributed by atoms with Gasteiger partial charge in [-0.25, -0.2) is 0 Å². The number of nitrogens with one attached hydrogen (secondary N) is 1. The number of rotatable bonds is 4. The third-order valence-electron chi connectivity index (χ3n) is 1.96. The summed E-state index contributed by atoms with van der Waals surface area (Å²) in [6.07, 6.45) is 1.02. The average molecular weight is 173 g/mol. The van der Waals surface area contributed by atoms with Crippen LogP contribution in [0.15, 0.2) is 0 Å². The van der Waals surface area contributed by atoms with Crippen LogP contribution >= 0.6 is 0 Å². The van der Waals surface area contributed by atoms with Crippen LogP contribution in [0.5, 0.6) is 0 Å². The lowest BCUT2D eigenvalue weighted by molar-refractivity contribution is -0.138. The molecular formula is C7H11NO4. The second kappa shape index (κ2) is 3.53. The Kier molecular flexibility index (Phi) is 2.65. The highest BCUT2D eigenvalue weighted by Gasteiger charge is 2.36. The molecule has 0 aromatic rings. The van der Waals surface area contributed by atoms with Gasteiger partial charge in [-0.05, 0) is 6.42 Å². The van der Waals surface area contributed by atoms with Crippen LogP contribution in [0.2, 0.25) is 0 Å². The Labute approximate surface area is 69.7 Å². The molecule has 68 valence electrons. The van der Waals surface area contributed by atoms with Crippen molar-refractivity contribution in [2.45, 2.75) is 18.4 Å². The van der Waals surface area contributed by atoms with Crippen LogP contribution in [0.25, 0.3) is 0 Å². The average Bonchev–Trinajstić information content (AvgIpc) is 2.36. The van der Waals surface area contributed by atoms with Crippen LogP contribution in [0.3, 0.4) is 0 Å². The molecule has 1 aliphatic rings. The lowest BCUT2D eigenvalue weighted by Gasteiger charge is -2.23. The molecule has 1 fully saturated rings. The quantitative estimate of drug-likeness (QED) is 0.555. The van der Waals surface area contributed by atoms with Gasteiger partial charge in [0, 0.05) is 6.61 Å². The van der Waals surface area contributed by atoms with Crippen LogP contribution in [0, 0.1) is 0 Å². The maximum Gasteiger partial charge on any atom is 0.305 e. The summed E-state index contributed by atoms with van der Waals surface area (Å²) in [6.45, 7) is 0.798. The third-order valence-corrected chi connectivity index (χ3v) is 1.96. The topological polar surface area (TPSA) is 75.6 Å². The molecule has 0 aliphatic carbocycles. The Morgan fingerprint density at radius 3 is 2.92 bits per heavy atom. The monoisotopic (exact) mass is 173 g/mol. The third kappa shape index (κ3) is 1.94. The molecule has 0 aromatic carbocycles. The van der Waals surface area contributed by atoms with E-state index in [2.05, 4.69) is 5.32 Å². The summed E-state index contributed by atoms with van der Waals surface area (Å²) in [5, 5.41) is 11.1. The molecule has 1 heterocycles. The highest BCUT2D eigenvalue weighted by molar-refractivity contribution is 5.69. The van der Waals surface area contributed by atoms with Crippen molar-refractivity contribution in [2.24, 2.45) is 0 Å². The number of hydrogen-bond donors (Lipinski definition) is 2. The van der Waals surface area contributed by atoms with Crippen molar-refractivity contribution < 1.29 is 19.4 Å². The van der Waals surface area contributed by atoms with E-state index in [1.54, 1.807) is 0 Å². The van der Waals surface area contributed by atoms with Gasteiger partial charge < -0.3 is 15.2 Å². The minimum absolute atomic E-state index is 0.0776. The van der Waals surface area contributed by atoms with Gasteiger partial charge in [-0.1, -0.05) is 0 Å². The molecule has 1 rings (SSSR count). The molecule has 5 nitrogen and oxygen atoms in total. The molecule has 1 saturated heterocycles. The van der Waals surface area contributed by atoms with Gasteiger partial charge in [0.05, 0.1) is 18.6 Å². The summed E-state index contributed by atoms with van der Waals surface area (Å²) in [5.74, 6) is -0.921. The predicted octanol–water partition coefficient (Wildman–Crippen LogP) is -0.634.